The number of likely N-dealkylation sites (tertiary alicyclic amines) is 1. The number of imidazole rings is 1. The van der Waals surface area contributed by atoms with Crippen molar-refractivity contribution in [1.82, 2.24) is 14.5 Å². The van der Waals surface area contributed by atoms with Gasteiger partial charge in [-0.1, -0.05) is 11.6 Å². The maximum Gasteiger partial charge on any atom is 0.326 e. The van der Waals surface area contributed by atoms with Crippen molar-refractivity contribution in [3.63, 3.8) is 0 Å². The molecule has 0 saturated carbocycles. The van der Waals surface area contributed by atoms with Crippen LogP contribution in [0.25, 0.3) is 11.0 Å². The summed E-state index contributed by atoms with van der Waals surface area (Å²) in [7, 11) is 0. The van der Waals surface area contributed by atoms with E-state index in [1.165, 1.54) is 0 Å². The zero-order chi connectivity index (χ0) is 16.7. The Morgan fingerprint density at radius 2 is 1.80 bits per heavy atom. The highest BCUT2D eigenvalue weighted by Crippen LogP contribution is 2.29. The second kappa shape index (κ2) is 7.70. The molecule has 1 N–H and O–H groups in total. The summed E-state index contributed by atoms with van der Waals surface area (Å²) in [5, 5.41) is 0.699. The molecule has 138 valence electrons. The van der Waals surface area contributed by atoms with Gasteiger partial charge in [0, 0.05) is 43.4 Å². The van der Waals surface area contributed by atoms with Crippen LogP contribution in [0.3, 0.4) is 0 Å². The first-order chi connectivity index (χ1) is 11.6. The van der Waals surface area contributed by atoms with Crippen molar-refractivity contribution < 1.29 is 4.74 Å². The number of ether oxygens (including phenoxy) is 1. The van der Waals surface area contributed by atoms with Crippen LogP contribution >= 0.6 is 24.0 Å². The second-order valence-electron chi connectivity index (χ2n) is 7.03. The van der Waals surface area contributed by atoms with Gasteiger partial charge in [-0.05, 0) is 50.3 Å². The van der Waals surface area contributed by atoms with Gasteiger partial charge in [0.2, 0.25) is 0 Å². The molecular weight excluding hydrogens is 361 g/mol. The van der Waals surface area contributed by atoms with Gasteiger partial charge in [-0.3, -0.25) is 4.57 Å². The molecule has 0 amide bonds. The SMILES string of the molecule is Cc1cc2c(cc1Cl)[nH]c(=O)n2C1CCN(C2CCOCC2)CC1.Cl. The Kier molecular flexibility index (Phi) is 5.78. The number of hydrogen-bond acceptors (Lipinski definition) is 3. The molecule has 4 rings (SSSR count). The molecule has 1 aromatic carbocycles. The maximum absolute atomic E-state index is 12.5. The fourth-order valence-corrected chi connectivity index (χ4v) is 4.34. The van der Waals surface area contributed by atoms with E-state index in [4.69, 9.17) is 16.3 Å². The van der Waals surface area contributed by atoms with Crippen molar-refractivity contribution >= 4 is 35.0 Å². The molecule has 0 atom stereocenters. The molecule has 25 heavy (non-hydrogen) atoms. The standard InChI is InChI=1S/C18H24ClN3O2.ClH/c1-12-10-17-16(11-15(12)19)20-18(23)22(17)14-2-6-21(7-3-14)13-4-8-24-9-5-13;/h10-11,13-14H,2-9H2,1H3,(H,20,23);1H. The Morgan fingerprint density at radius 1 is 1.12 bits per heavy atom. The van der Waals surface area contributed by atoms with Crippen LogP contribution in [0, 0.1) is 6.92 Å². The lowest BCUT2D eigenvalue weighted by atomic mass is 9.99. The first-order valence-corrected chi connectivity index (χ1v) is 9.23. The number of fused-ring (bicyclic) bond motifs is 1. The number of aromatic amines is 1. The highest BCUT2D eigenvalue weighted by Gasteiger charge is 2.28. The predicted octanol–water partition coefficient (Wildman–Crippen LogP) is 3.53. The average Bonchev–Trinajstić information content (AvgIpc) is 2.91. The topological polar surface area (TPSA) is 50.3 Å². The summed E-state index contributed by atoms with van der Waals surface area (Å²) in [6.07, 6.45) is 4.31. The zero-order valence-electron chi connectivity index (χ0n) is 14.5. The number of hydrogen-bond donors (Lipinski definition) is 1. The van der Waals surface area contributed by atoms with E-state index in [9.17, 15) is 4.79 Å². The fourth-order valence-electron chi connectivity index (χ4n) is 4.17. The summed E-state index contributed by atoms with van der Waals surface area (Å²) in [5.74, 6) is 0. The van der Waals surface area contributed by atoms with Gasteiger partial charge in [-0.15, -0.1) is 12.4 Å². The largest absolute Gasteiger partial charge is 0.381 e. The van der Waals surface area contributed by atoms with E-state index in [0.29, 0.717) is 11.1 Å². The van der Waals surface area contributed by atoms with Gasteiger partial charge in [0.15, 0.2) is 0 Å². The molecule has 2 aliphatic heterocycles. The summed E-state index contributed by atoms with van der Waals surface area (Å²) in [4.78, 5) is 18.0. The van der Waals surface area contributed by atoms with Crippen LogP contribution < -0.4 is 5.69 Å². The molecule has 7 heteroatoms. The lowest BCUT2D eigenvalue weighted by Gasteiger charge is -2.39. The third kappa shape index (κ3) is 3.61. The zero-order valence-corrected chi connectivity index (χ0v) is 16.0. The molecule has 2 fully saturated rings. The van der Waals surface area contributed by atoms with Gasteiger partial charge >= 0.3 is 5.69 Å². The smallest absolute Gasteiger partial charge is 0.326 e. The van der Waals surface area contributed by atoms with E-state index in [2.05, 4.69) is 9.88 Å². The molecule has 2 aliphatic rings. The molecular formula is C18H25Cl2N3O2. The van der Waals surface area contributed by atoms with E-state index in [1.54, 1.807) is 0 Å². The first kappa shape index (κ1) is 18.8. The minimum Gasteiger partial charge on any atom is -0.381 e. The van der Waals surface area contributed by atoms with Crippen molar-refractivity contribution in [1.29, 1.82) is 0 Å². The maximum atomic E-state index is 12.5. The third-order valence-corrected chi connectivity index (χ3v) is 5.98. The quantitative estimate of drug-likeness (QED) is 0.859. The van der Waals surface area contributed by atoms with Gasteiger partial charge in [-0.2, -0.15) is 0 Å². The number of nitrogens with one attached hydrogen (secondary N) is 1. The minimum atomic E-state index is -0.0174. The normalized spacial score (nSPS) is 20.7. The van der Waals surface area contributed by atoms with Crippen LogP contribution in [-0.2, 0) is 4.74 Å². The van der Waals surface area contributed by atoms with Gasteiger partial charge in [0.05, 0.1) is 11.0 Å². The molecule has 0 radical (unpaired) electrons. The predicted molar refractivity (Wildman–Crippen MR) is 103 cm³/mol. The van der Waals surface area contributed by atoms with Crippen LogP contribution in [0.4, 0.5) is 0 Å². The minimum absolute atomic E-state index is 0. The molecule has 0 unspecified atom stereocenters. The highest BCUT2D eigenvalue weighted by molar-refractivity contribution is 6.32. The highest BCUT2D eigenvalue weighted by atomic mass is 35.5. The first-order valence-electron chi connectivity index (χ1n) is 8.85. The summed E-state index contributed by atoms with van der Waals surface area (Å²) in [5.41, 5.74) is 2.81. The fraction of sp³-hybridized carbons (Fsp3) is 0.611. The molecule has 3 heterocycles. The molecule has 1 aromatic heterocycles. The summed E-state index contributed by atoms with van der Waals surface area (Å²) in [6.45, 7) is 5.86. The number of piperidine rings is 1. The van der Waals surface area contributed by atoms with Crippen molar-refractivity contribution in [3.8, 4) is 0 Å². The average molecular weight is 386 g/mol. The van der Waals surface area contributed by atoms with Crippen LogP contribution in [0.2, 0.25) is 5.02 Å². The summed E-state index contributed by atoms with van der Waals surface area (Å²) >= 11 is 6.19. The summed E-state index contributed by atoms with van der Waals surface area (Å²) in [6, 6.07) is 4.81. The van der Waals surface area contributed by atoms with E-state index in [-0.39, 0.29) is 24.1 Å². The number of aromatic nitrogens is 2. The van der Waals surface area contributed by atoms with Crippen molar-refractivity contribution in [2.24, 2.45) is 0 Å². The van der Waals surface area contributed by atoms with E-state index >= 15 is 0 Å². The molecule has 2 saturated heterocycles. The second-order valence-corrected chi connectivity index (χ2v) is 7.44. The molecule has 0 aliphatic carbocycles. The molecule has 5 nitrogen and oxygen atoms in total. The van der Waals surface area contributed by atoms with Crippen LogP contribution in [0.15, 0.2) is 16.9 Å². The Labute approximate surface area is 158 Å². The Bertz CT molecular complexity index is 787. The van der Waals surface area contributed by atoms with Crippen LogP contribution in [0.5, 0.6) is 0 Å². The Morgan fingerprint density at radius 3 is 2.48 bits per heavy atom. The number of aryl methyl sites for hydroxylation is 1. The lowest BCUT2D eigenvalue weighted by molar-refractivity contribution is 0.0220. The Hall–Kier alpha value is -1.01. The van der Waals surface area contributed by atoms with Gasteiger partial charge in [0.25, 0.3) is 0 Å². The lowest BCUT2D eigenvalue weighted by Crippen LogP contribution is -2.45. The van der Waals surface area contributed by atoms with Crippen LogP contribution in [-0.4, -0.2) is 46.8 Å². The third-order valence-electron chi connectivity index (χ3n) is 5.57. The number of nitrogens with zero attached hydrogens (tertiary/aromatic N) is 2. The number of benzene rings is 1. The number of halogens is 2. The summed E-state index contributed by atoms with van der Waals surface area (Å²) < 4.78 is 7.41. The van der Waals surface area contributed by atoms with E-state index in [1.807, 2.05) is 23.6 Å². The van der Waals surface area contributed by atoms with E-state index in [0.717, 1.165) is 68.6 Å². The van der Waals surface area contributed by atoms with Crippen molar-refractivity contribution in [2.45, 2.75) is 44.7 Å². The van der Waals surface area contributed by atoms with Gasteiger partial charge in [0.1, 0.15) is 0 Å². The molecule has 2 aromatic rings. The molecule has 0 bridgehead atoms. The van der Waals surface area contributed by atoms with Gasteiger partial charge in [-0.25, -0.2) is 4.79 Å². The monoisotopic (exact) mass is 385 g/mol. The van der Waals surface area contributed by atoms with Crippen molar-refractivity contribution in [2.75, 3.05) is 26.3 Å². The number of rotatable bonds is 2. The van der Waals surface area contributed by atoms with E-state index < -0.39 is 0 Å². The van der Waals surface area contributed by atoms with Gasteiger partial charge < -0.3 is 14.6 Å². The van der Waals surface area contributed by atoms with Crippen molar-refractivity contribution in [3.05, 3.63) is 33.2 Å². The molecule has 0 spiro atoms. The number of H-pyrrole nitrogens is 1. The van der Waals surface area contributed by atoms with Crippen LogP contribution in [0.1, 0.15) is 37.3 Å². The Balaban J connectivity index is 0.00000182.